The predicted molar refractivity (Wildman–Crippen MR) is 48.0 cm³/mol. The third-order valence-corrected chi connectivity index (χ3v) is 2.22. The molecule has 1 fully saturated rings. The van der Waals surface area contributed by atoms with Gasteiger partial charge in [-0.3, -0.25) is 0 Å². The van der Waals surface area contributed by atoms with E-state index in [0.29, 0.717) is 6.61 Å². The van der Waals surface area contributed by atoms with Gasteiger partial charge in [0.05, 0.1) is 18.8 Å². The maximum Gasteiger partial charge on any atom is 0.101 e. The Labute approximate surface area is 74.2 Å². The molecular weight excluding hydrogens is 154 g/mol. The summed E-state index contributed by atoms with van der Waals surface area (Å²) >= 11 is 0. The standard InChI is InChI=1S/C9H19NO2/c1-3-5-8-9(11-4-2)7(10)6-12-8/h7-9H,3-6,10H2,1-2H3. The summed E-state index contributed by atoms with van der Waals surface area (Å²) in [6.45, 7) is 5.52. The number of ether oxygens (including phenoxy) is 2. The van der Waals surface area contributed by atoms with Crippen LogP contribution < -0.4 is 5.73 Å². The summed E-state index contributed by atoms with van der Waals surface area (Å²) in [5.41, 5.74) is 5.84. The fourth-order valence-electron chi connectivity index (χ4n) is 1.66. The van der Waals surface area contributed by atoms with Crippen LogP contribution in [-0.2, 0) is 9.47 Å². The average molecular weight is 173 g/mol. The summed E-state index contributed by atoms with van der Waals surface area (Å²) in [4.78, 5) is 0. The third kappa shape index (κ3) is 2.19. The van der Waals surface area contributed by atoms with Gasteiger partial charge in [-0.15, -0.1) is 0 Å². The van der Waals surface area contributed by atoms with Gasteiger partial charge < -0.3 is 15.2 Å². The van der Waals surface area contributed by atoms with E-state index < -0.39 is 0 Å². The van der Waals surface area contributed by atoms with Crippen LogP contribution in [0.25, 0.3) is 0 Å². The fourth-order valence-corrected chi connectivity index (χ4v) is 1.66. The van der Waals surface area contributed by atoms with Crippen molar-refractivity contribution < 1.29 is 9.47 Å². The largest absolute Gasteiger partial charge is 0.374 e. The fraction of sp³-hybridized carbons (Fsp3) is 1.00. The minimum atomic E-state index is 0.0708. The summed E-state index contributed by atoms with van der Waals surface area (Å²) in [6.07, 6.45) is 2.53. The lowest BCUT2D eigenvalue weighted by Gasteiger charge is -2.19. The van der Waals surface area contributed by atoms with Crippen LogP contribution in [0, 0.1) is 0 Å². The quantitative estimate of drug-likeness (QED) is 0.687. The van der Waals surface area contributed by atoms with E-state index in [-0.39, 0.29) is 18.2 Å². The molecule has 72 valence electrons. The lowest BCUT2D eigenvalue weighted by molar-refractivity contribution is -0.0102. The smallest absolute Gasteiger partial charge is 0.101 e. The van der Waals surface area contributed by atoms with E-state index in [1.807, 2.05) is 6.92 Å². The first-order valence-electron chi connectivity index (χ1n) is 4.78. The van der Waals surface area contributed by atoms with Crippen molar-refractivity contribution in [3.05, 3.63) is 0 Å². The second-order valence-electron chi connectivity index (χ2n) is 3.24. The van der Waals surface area contributed by atoms with Gasteiger partial charge in [-0.05, 0) is 13.3 Å². The minimum absolute atomic E-state index is 0.0708. The summed E-state index contributed by atoms with van der Waals surface area (Å²) in [6, 6.07) is 0.0708. The predicted octanol–water partition coefficient (Wildman–Crippen LogP) is 0.918. The van der Waals surface area contributed by atoms with Crippen LogP contribution in [0.2, 0.25) is 0 Å². The molecule has 1 rings (SSSR count). The van der Waals surface area contributed by atoms with E-state index >= 15 is 0 Å². The van der Waals surface area contributed by atoms with Crippen LogP contribution in [0.5, 0.6) is 0 Å². The highest BCUT2D eigenvalue weighted by Gasteiger charge is 2.34. The lowest BCUT2D eigenvalue weighted by Crippen LogP contribution is -2.39. The molecular formula is C9H19NO2. The highest BCUT2D eigenvalue weighted by Crippen LogP contribution is 2.20. The van der Waals surface area contributed by atoms with E-state index in [1.54, 1.807) is 0 Å². The summed E-state index contributed by atoms with van der Waals surface area (Å²) < 4.78 is 11.1. The van der Waals surface area contributed by atoms with Gasteiger partial charge in [0.15, 0.2) is 0 Å². The van der Waals surface area contributed by atoms with Crippen molar-refractivity contribution >= 4 is 0 Å². The Bertz CT molecular complexity index is 128. The van der Waals surface area contributed by atoms with E-state index in [4.69, 9.17) is 15.2 Å². The van der Waals surface area contributed by atoms with Crippen LogP contribution in [-0.4, -0.2) is 31.5 Å². The molecule has 0 spiro atoms. The Balaban J connectivity index is 2.39. The minimum Gasteiger partial charge on any atom is -0.374 e. The van der Waals surface area contributed by atoms with Crippen LogP contribution >= 0.6 is 0 Å². The van der Waals surface area contributed by atoms with Crippen molar-refractivity contribution in [3.63, 3.8) is 0 Å². The van der Waals surface area contributed by atoms with E-state index in [1.165, 1.54) is 0 Å². The zero-order valence-electron chi connectivity index (χ0n) is 7.95. The summed E-state index contributed by atoms with van der Waals surface area (Å²) in [5, 5.41) is 0. The molecule has 12 heavy (non-hydrogen) atoms. The van der Waals surface area contributed by atoms with Crippen molar-refractivity contribution in [1.82, 2.24) is 0 Å². The Morgan fingerprint density at radius 3 is 2.83 bits per heavy atom. The molecule has 1 aliphatic heterocycles. The summed E-state index contributed by atoms with van der Waals surface area (Å²) in [7, 11) is 0. The van der Waals surface area contributed by atoms with Crippen molar-refractivity contribution in [1.29, 1.82) is 0 Å². The summed E-state index contributed by atoms with van der Waals surface area (Å²) in [5.74, 6) is 0. The molecule has 3 nitrogen and oxygen atoms in total. The Hall–Kier alpha value is -0.120. The maximum absolute atomic E-state index is 5.84. The molecule has 1 heterocycles. The zero-order chi connectivity index (χ0) is 8.97. The molecule has 0 amide bonds. The average Bonchev–Trinajstić information content (AvgIpc) is 2.37. The van der Waals surface area contributed by atoms with Crippen LogP contribution in [0.4, 0.5) is 0 Å². The molecule has 0 aromatic rings. The first kappa shape index (κ1) is 9.96. The molecule has 1 aliphatic rings. The normalized spacial score (nSPS) is 35.8. The lowest BCUT2D eigenvalue weighted by atomic mass is 10.1. The zero-order valence-corrected chi connectivity index (χ0v) is 7.95. The van der Waals surface area contributed by atoms with Crippen molar-refractivity contribution in [3.8, 4) is 0 Å². The number of hydrogen-bond donors (Lipinski definition) is 1. The molecule has 0 aromatic heterocycles. The monoisotopic (exact) mass is 173 g/mol. The molecule has 3 heteroatoms. The molecule has 0 aromatic carbocycles. The number of hydrogen-bond acceptors (Lipinski definition) is 3. The van der Waals surface area contributed by atoms with Gasteiger partial charge in [0.1, 0.15) is 6.10 Å². The molecule has 3 atom stereocenters. The SMILES string of the molecule is CCCC1OCC(N)C1OCC. The van der Waals surface area contributed by atoms with E-state index in [2.05, 4.69) is 6.92 Å². The van der Waals surface area contributed by atoms with Gasteiger partial charge >= 0.3 is 0 Å². The van der Waals surface area contributed by atoms with Gasteiger partial charge in [-0.1, -0.05) is 13.3 Å². The van der Waals surface area contributed by atoms with Gasteiger partial charge in [0, 0.05) is 6.61 Å². The number of nitrogens with two attached hydrogens (primary N) is 1. The van der Waals surface area contributed by atoms with Crippen LogP contribution in [0.1, 0.15) is 26.7 Å². The van der Waals surface area contributed by atoms with Gasteiger partial charge in [0.25, 0.3) is 0 Å². The van der Waals surface area contributed by atoms with Crippen molar-refractivity contribution in [2.75, 3.05) is 13.2 Å². The maximum atomic E-state index is 5.84. The topological polar surface area (TPSA) is 44.5 Å². The second-order valence-corrected chi connectivity index (χ2v) is 3.24. The van der Waals surface area contributed by atoms with Gasteiger partial charge in [0.2, 0.25) is 0 Å². The van der Waals surface area contributed by atoms with Crippen molar-refractivity contribution in [2.24, 2.45) is 5.73 Å². The van der Waals surface area contributed by atoms with Gasteiger partial charge in [-0.2, -0.15) is 0 Å². The third-order valence-electron chi connectivity index (χ3n) is 2.22. The molecule has 1 saturated heterocycles. The van der Waals surface area contributed by atoms with E-state index in [0.717, 1.165) is 19.4 Å². The molecule has 3 unspecified atom stereocenters. The first-order chi connectivity index (χ1) is 5.79. The second kappa shape index (κ2) is 4.80. The van der Waals surface area contributed by atoms with E-state index in [9.17, 15) is 0 Å². The Morgan fingerprint density at radius 2 is 2.25 bits per heavy atom. The molecule has 2 N–H and O–H groups in total. The Kier molecular flexibility index (Phi) is 3.98. The Morgan fingerprint density at radius 1 is 1.50 bits per heavy atom. The molecule has 0 aliphatic carbocycles. The number of rotatable bonds is 4. The van der Waals surface area contributed by atoms with Crippen LogP contribution in [0.15, 0.2) is 0 Å². The molecule has 0 saturated carbocycles. The highest BCUT2D eigenvalue weighted by atomic mass is 16.6. The molecule has 0 radical (unpaired) electrons. The highest BCUT2D eigenvalue weighted by molar-refractivity contribution is 4.87. The van der Waals surface area contributed by atoms with Gasteiger partial charge in [-0.25, -0.2) is 0 Å². The van der Waals surface area contributed by atoms with Crippen LogP contribution in [0.3, 0.4) is 0 Å². The van der Waals surface area contributed by atoms with Crippen molar-refractivity contribution in [2.45, 2.75) is 44.9 Å². The molecule has 0 bridgehead atoms. The first-order valence-corrected chi connectivity index (χ1v) is 4.78.